The summed E-state index contributed by atoms with van der Waals surface area (Å²) < 4.78 is 5.63. The Morgan fingerprint density at radius 3 is 3.05 bits per heavy atom. The Hall–Kier alpha value is -1.55. The van der Waals surface area contributed by atoms with Crippen LogP contribution in [0.1, 0.15) is 24.8 Å². The van der Waals surface area contributed by atoms with Crippen LogP contribution in [0.5, 0.6) is 5.75 Å². The van der Waals surface area contributed by atoms with Crippen molar-refractivity contribution in [1.82, 2.24) is 4.90 Å². The van der Waals surface area contributed by atoms with Crippen molar-refractivity contribution in [3.63, 3.8) is 0 Å². The lowest BCUT2D eigenvalue weighted by Crippen LogP contribution is -2.31. The first kappa shape index (κ1) is 13.9. The summed E-state index contributed by atoms with van der Waals surface area (Å²) in [7, 11) is 0. The molecule has 0 saturated carbocycles. The second-order valence-electron chi connectivity index (χ2n) is 5.16. The van der Waals surface area contributed by atoms with Gasteiger partial charge in [-0.05, 0) is 37.5 Å². The van der Waals surface area contributed by atoms with E-state index in [4.69, 9.17) is 10.5 Å². The molecular formula is C15H22N2O2. The molecule has 1 aromatic carbocycles. The van der Waals surface area contributed by atoms with E-state index >= 15 is 0 Å². The number of likely N-dealkylation sites (tertiary alicyclic amines) is 1. The molecule has 1 heterocycles. The van der Waals surface area contributed by atoms with Crippen LogP contribution in [0.25, 0.3) is 0 Å². The van der Waals surface area contributed by atoms with E-state index in [9.17, 15) is 4.79 Å². The van der Waals surface area contributed by atoms with Gasteiger partial charge in [-0.15, -0.1) is 0 Å². The van der Waals surface area contributed by atoms with Crippen molar-refractivity contribution in [2.75, 3.05) is 19.7 Å². The first-order chi connectivity index (χ1) is 9.15. The highest BCUT2D eigenvalue weighted by Gasteiger charge is 2.22. The van der Waals surface area contributed by atoms with E-state index in [1.54, 1.807) is 0 Å². The Morgan fingerprint density at radius 1 is 1.53 bits per heavy atom. The van der Waals surface area contributed by atoms with E-state index in [-0.39, 0.29) is 11.9 Å². The monoisotopic (exact) mass is 262 g/mol. The smallest absolute Gasteiger partial charge is 0.222 e. The number of rotatable bonds is 5. The number of amides is 1. The zero-order valence-electron chi connectivity index (χ0n) is 11.5. The third-order valence-electron chi connectivity index (χ3n) is 3.37. The molecule has 104 valence electrons. The summed E-state index contributed by atoms with van der Waals surface area (Å²) in [6.07, 6.45) is 2.21. The van der Waals surface area contributed by atoms with Crippen LogP contribution < -0.4 is 10.5 Å². The van der Waals surface area contributed by atoms with Gasteiger partial charge in [-0.1, -0.05) is 12.1 Å². The molecule has 2 N–H and O–H groups in total. The predicted octanol–water partition coefficient (Wildman–Crippen LogP) is 1.71. The van der Waals surface area contributed by atoms with Crippen LogP contribution in [0, 0.1) is 6.92 Å². The summed E-state index contributed by atoms with van der Waals surface area (Å²) in [5, 5.41) is 0. The number of hydrogen-bond donors (Lipinski definition) is 1. The number of carbonyl (C=O) groups is 1. The van der Waals surface area contributed by atoms with Crippen molar-refractivity contribution in [2.45, 2.75) is 32.2 Å². The van der Waals surface area contributed by atoms with Crippen LogP contribution in [0.3, 0.4) is 0 Å². The molecule has 0 spiro atoms. The molecule has 4 nitrogen and oxygen atoms in total. The number of ether oxygens (including phenoxy) is 1. The van der Waals surface area contributed by atoms with E-state index in [1.165, 1.54) is 5.56 Å². The number of nitrogens with two attached hydrogens (primary N) is 1. The van der Waals surface area contributed by atoms with Crippen LogP contribution in [0.2, 0.25) is 0 Å². The third-order valence-corrected chi connectivity index (χ3v) is 3.37. The van der Waals surface area contributed by atoms with Crippen LogP contribution in [0.4, 0.5) is 0 Å². The molecule has 4 heteroatoms. The largest absolute Gasteiger partial charge is 0.494 e. The number of hydrogen-bond acceptors (Lipinski definition) is 3. The van der Waals surface area contributed by atoms with Crippen LogP contribution in [0.15, 0.2) is 24.3 Å². The summed E-state index contributed by atoms with van der Waals surface area (Å²) in [6, 6.07) is 8.11. The van der Waals surface area contributed by atoms with E-state index in [1.807, 2.05) is 36.1 Å². The second kappa shape index (κ2) is 6.57. The lowest BCUT2D eigenvalue weighted by Gasteiger charge is -2.15. The average molecular weight is 262 g/mol. The van der Waals surface area contributed by atoms with E-state index < -0.39 is 0 Å². The van der Waals surface area contributed by atoms with Crippen LogP contribution in [-0.2, 0) is 4.79 Å². The molecule has 19 heavy (non-hydrogen) atoms. The normalized spacial score (nSPS) is 18.6. The Morgan fingerprint density at radius 2 is 2.37 bits per heavy atom. The predicted molar refractivity (Wildman–Crippen MR) is 75.1 cm³/mol. The minimum absolute atomic E-state index is 0.160. The van der Waals surface area contributed by atoms with Crippen LogP contribution >= 0.6 is 0 Å². The maximum atomic E-state index is 11.9. The summed E-state index contributed by atoms with van der Waals surface area (Å²) in [4.78, 5) is 13.7. The fourth-order valence-corrected chi connectivity index (χ4v) is 2.29. The molecule has 1 aliphatic heterocycles. The molecule has 1 aliphatic rings. The Balaban J connectivity index is 1.65. The van der Waals surface area contributed by atoms with Gasteiger partial charge in [-0.2, -0.15) is 0 Å². The van der Waals surface area contributed by atoms with Gasteiger partial charge in [0.25, 0.3) is 0 Å². The van der Waals surface area contributed by atoms with Gasteiger partial charge < -0.3 is 15.4 Å². The standard InChI is InChI=1S/C15H22N2O2/c1-12-4-2-5-14(10-12)19-9-3-6-15(18)17-8-7-13(16)11-17/h2,4-5,10,13H,3,6-9,11,16H2,1H3/t13-/m1/s1. The molecule has 2 rings (SSSR count). The Labute approximate surface area is 114 Å². The van der Waals surface area contributed by atoms with Gasteiger partial charge in [0.1, 0.15) is 5.75 Å². The Bertz CT molecular complexity index is 434. The number of aryl methyl sites for hydroxylation is 1. The van der Waals surface area contributed by atoms with Gasteiger partial charge in [-0.3, -0.25) is 4.79 Å². The summed E-state index contributed by atoms with van der Waals surface area (Å²) >= 11 is 0. The van der Waals surface area contributed by atoms with Crippen molar-refractivity contribution >= 4 is 5.91 Å². The fraction of sp³-hybridized carbons (Fsp3) is 0.533. The second-order valence-corrected chi connectivity index (χ2v) is 5.16. The molecule has 1 aromatic rings. The van der Waals surface area contributed by atoms with Crippen molar-refractivity contribution in [3.8, 4) is 5.75 Å². The zero-order chi connectivity index (χ0) is 13.7. The number of carbonyl (C=O) groups excluding carboxylic acids is 1. The SMILES string of the molecule is Cc1cccc(OCCCC(=O)N2CC[C@@H](N)C2)c1. The van der Waals surface area contributed by atoms with Crippen molar-refractivity contribution in [2.24, 2.45) is 5.73 Å². The molecule has 1 fully saturated rings. The van der Waals surface area contributed by atoms with E-state index in [0.29, 0.717) is 19.6 Å². The molecule has 0 radical (unpaired) electrons. The number of benzene rings is 1. The summed E-state index contributed by atoms with van der Waals surface area (Å²) in [5.41, 5.74) is 6.97. The quantitative estimate of drug-likeness (QED) is 0.822. The van der Waals surface area contributed by atoms with Gasteiger partial charge in [0.05, 0.1) is 6.61 Å². The van der Waals surface area contributed by atoms with Gasteiger partial charge in [0, 0.05) is 25.6 Å². The summed E-state index contributed by atoms with van der Waals surface area (Å²) in [5.74, 6) is 1.07. The lowest BCUT2D eigenvalue weighted by atomic mass is 10.2. The lowest BCUT2D eigenvalue weighted by molar-refractivity contribution is -0.130. The maximum absolute atomic E-state index is 11.9. The van der Waals surface area contributed by atoms with Crippen molar-refractivity contribution in [1.29, 1.82) is 0 Å². The first-order valence-corrected chi connectivity index (χ1v) is 6.88. The highest BCUT2D eigenvalue weighted by atomic mass is 16.5. The topological polar surface area (TPSA) is 55.6 Å². The molecular weight excluding hydrogens is 240 g/mol. The minimum Gasteiger partial charge on any atom is -0.494 e. The van der Waals surface area contributed by atoms with E-state index in [2.05, 4.69) is 0 Å². The molecule has 1 atom stereocenters. The molecule has 0 unspecified atom stereocenters. The third kappa shape index (κ3) is 4.24. The van der Waals surface area contributed by atoms with Gasteiger partial charge in [0.2, 0.25) is 5.91 Å². The molecule has 1 amide bonds. The Kier molecular flexibility index (Phi) is 4.80. The van der Waals surface area contributed by atoms with Crippen molar-refractivity contribution in [3.05, 3.63) is 29.8 Å². The molecule has 0 bridgehead atoms. The highest BCUT2D eigenvalue weighted by Crippen LogP contribution is 2.13. The number of nitrogens with zero attached hydrogens (tertiary/aromatic N) is 1. The fourth-order valence-electron chi connectivity index (χ4n) is 2.29. The van der Waals surface area contributed by atoms with E-state index in [0.717, 1.165) is 25.1 Å². The minimum atomic E-state index is 0.160. The zero-order valence-corrected chi connectivity index (χ0v) is 11.5. The highest BCUT2D eigenvalue weighted by molar-refractivity contribution is 5.76. The van der Waals surface area contributed by atoms with Gasteiger partial charge in [-0.25, -0.2) is 0 Å². The molecule has 1 saturated heterocycles. The van der Waals surface area contributed by atoms with Gasteiger partial charge in [0.15, 0.2) is 0 Å². The van der Waals surface area contributed by atoms with Gasteiger partial charge >= 0.3 is 0 Å². The van der Waals surface area contributed by atoms with Crippen LogP contribution in [-0.4, -0.2) is 36.5 Å². The summed E-state index contributed by atoms with van der Waals surface area (Å²) in [6.45, 7) is 4.12. The average Bonchev–Trinajstić information content (AvgIpc) is 2.81. The molecule has 0 aliphatic carbocycles. The van der Waals surface area contributed by atoms with Crippen molar-refractivity contribution < 1.29 is 9.53 Å². The molecule has 0 aromatic heterocycles. The first-order valence-electron chi connectivity index (χ1n) is 6.88. The maximum Gasteiger partial charge on any atom is 0.222 e.